The lowest BCUT2D eigenvalue weighted by atomic mass is 10.1. The molecule has 0 fully saturated rings. The van der Waals surface area contributed by atoms with Gasteiger partial charge in [-0.25, -0.2) is 4.98 Å². The van der Waals surface area contributed by atoms with E-state index in [9.17, 15) is 4.79 Å². The molecule has 1 aromatic rings. The molecule has 0 aliphatic carbocycles. The Hall–Kier alpha value is -1.16. The quantitative estimate of drug-likeness (QED) is 0.699. The normalized spacial score (nSPS) is 11.7. The van der Waals surface area contributed by atoms with Crippen LogP contribution in [-0.2, 0) is 12.0 Å². The van der Waals surface area contributed by atoms with Crippen LogP contribution in [0.25, 0.3) is 0 Å². The highest BCUT2D eigenvalue weighted by Gasteiger charge is 2.17. The zero-order chi connectivity index (χ0) is 10.1. The molecule has 0 saturated heterocycles. The molecule has 0 aliphatic rings. The summed E-state index contributed by atoms with van der Waals surface area (Å²) >= 11 is 0. The van der Waals surface area contributed by atoms with Crippen molar-refractivity contribution in [2.24, 2.45) is 5.73 Å². The second kappa shape index (κ2) is 3.30. The number of aromatic amines is 1. The van der Waals surface area contributed by atoms with Gasteiger partial charge in [-0.15, -0.1) is 0 Å². The van der Waals surface area contributed by atoms with Gasteiger partial charge in [0, 0.05) is 11.8 Å². The molecular weight excluding hydrogens is 166 g/mol. The highest BCUT2D eigenvalue weighted by molar-refractivity contribution is 5.07. The Kier molecular flexibility index (Phi) is 2.52. The zero-order valence-corrected chi connectivity index (χ0v) is 8.22. The molecule has 0 atom stereocenters. The van der Waals surface area contributed by atoms with E-state index in [0.29, 0.717) is 5.82 Å². The summed E-state index contributed by atoms with van der Waals surface area (Å²) < 4.78 is 0. The minimum absolute atomic E-state index is 0.139. The van der Waals surface area contributed by atoms with E-state index in [4.69, 9.17) is 5.73 Å². The van der Waals surface area contributed by atoms with Crippen molar-refractivity contribution in [1.82, 2.24) is 9.97 Å². The summed E-state index contributed by atoms with van der Waals surface area (Å²) in [5.41, 5.74) is 5.86. The first-order valence-corrected chi connectivity index (χ1v) is 4.33. The maximum absolute atomic E-state index is 11.2. The van der Waals surface area contributed by atoms with Gasteiger partial charge in [0.05, 0.1) is 5.54 Å². The fourth-order valence-electron chi connectivity index (χ4n) is 0.994. The second-order valence-electron chi connectivity index (χ2n) is 3.66. The summed E-state index contributed by atoms with van der Waals surface area (Å²) in [6, 6.07) is 1.50. The number of H-pyrrole nitrogens is 1. The summed E-state index contributed by atoms with van der Waals surface area (Å²) in [4.78, 5) is 18.0. The van der Waals surface area contributed by atoms with Crippen LogP contribution in [0.1, 0.15) is 32.3 Å². The maximum Gasteiger partial charge on any atom is 0.251 e. The third kappa shape index (κ3) is 2.39. The first-order chi connectivity index (χ1) is 5.93. The molecule has 13 heavy (non-hydrogen) atoms. The molecule has 0 spiro atoms. The van der Waals surface area contributed by atoms with Crippen LogP contribution >= 0.6 is 0 Å². The van der Waals surface area contributed by atoms with Gasteiger partial charge in [0.15, 0.2) is 0 Å². The first-order valence-electron chi connectivity index (χ1n) is 4.33. The van der Waals surface area contributed by atoms with E-state index < -0.39 is 5.54 Å². The Bertz CT molecular complexity index is 349. The van der Waals surface area contributed by atoms with Crippen molar-refractivity contribution in [3.8, 4) is 0 Å². The van der Waals surface area contributed by atoms with Gasteiger partial charge in [-0.1, -0.05) is 6.92 Å². The van der Waals surface area contributed by atoms with Crippen molar-refractivity contribution in [3.05, 3.63) is 27.9 Å². The SMILES string of the molecule is CCc1cc(=O)[nH]c(C(C)(C)N)n1. The van der Waals surface area contributed by atoms with Gasteiger partial charge in [-0.3, -0.25) is 4.79 Å². The van der Waals surface area contributed by atoms with Crippen molar-refractivity contribution in [2.45, 2.75) is 32.7 Å². The van der Waals surface area contributed by atoms with Crippen molar-refractivity contribution in [3.63, 3.8) is 0 Å². The number of aryl methyl sites for hydroxylation is 1. The Morgan fingerprint density at radius 3 is 2.69 bits per heavy atom. The van der Waals surface area contributed by atoms with E-state index in [2.05, 4.69) is 9.97 Å². The van der Waals surface area contributed by atoms with E-state index >= 15 is 0 Å². The Morgan fingerprint density at radius 2 is 2.23 bits per heavy atom. The minimum Gasteiger partial charge on any atom is -0.319 e. The molecule has 0 radical (unpaired) electrons. The number of hydrogen-bond acceptors (Lipinski definition) is 3. The summed E-state index contributed by atoms with van der Waals surface area (Å²) in [6.07, 6.45) is 0.743. The number of nitrogens with zero attached hydrogens (tertiary/aromatic N) is 1. The molecule has 0 aliphatic heterocycles. The molecule has 1 rings (SSSR count). The van der Waals surface area contributed by atoms with Crippen LogP contribution in [0.5, 0.6) is 0 Å². The van der Waals surface area contributed by atoms with E-state index in [1.807, 2.05) is 20.8 Å². The van der Waals surface area contributed by atoms with Crippen LogP contribution in [0.2, 0.25) is 0 Å². The van der Waals surface area contributed by atoms with Gasteiger partial charge in [0.1, 0.15) is 5.82 Å². The van der Waals surface area contributed by atoms with E-state index in [1.165, 1.54) is 6.07 Å². The van der Waals surface area contributed by atoms with Gasteiger partial charge in [-0.05, 0) is 20.3 Å². The maximum atomic E-state index is 11.2. The van der Waals surface area contributed by atoms with Crippen LogP contribution in [0.15, 0.2) is 10.9 Å². The van der Waals surface area contributed by atoms with Crippen molar-refractivity contribution >= 4 is 0 Å². The zero-order valence-electron chi connectivity index (χ0n) is 8.22. The molecule has 72 valence electrons. The van der Waals surface area contributed by atoms with Crippen LogP contribution in [0, 0.1) is 0 Å². The van der Waals surface area contributed by atoms with Crippen molar-refractivity contribution in [1.29, 1.82) is 0 Å². The third-order valence-corrected chi connectivity index (χ3v) is 1.77. The van der Waals surface area contributed by atoms with Gasteiger partial charge in [0.2, 0.25) is 0 Å². The Balaban J connectivity index is 3.24. The minimum atomic E-state index is -0.593. The van der Waals surface area contributed by atoms with E-state index in [-0.39, 0.29) is 5.56 Å². The summed E-state index contributed by atoms with van der Waals surface area (Å²) in [6.45, 7) is 5.57. The average molecular weight is 181 g/mol. The molecule has 4 heteroatoms. The van der Waals surface area contributed by atoms with Gasteiger partial charge in [-0.2, -0.15) is 0 Å². The number of hydrogen-bond donors (Lipinski definition) is 2. The highest BCUT2D eigenvalue weighted by atomic mass is 16.1. The molecule has 1 aromatic heterocycles. The number of nitrogens with two attached hydrogens (primary N) is 1. The number of rotatable bonds is 2. The monoisotopic (exact) mass is 181 g/mol. The number of nitrogens with one attached hydrogen (secondary N) is 1. The summed E-state index contributed by atoms with van der Waals surface area (Å²) in [5.74, 6) is 0.539. The van der Waals surface area contributed by atoms with Gasteiger partial charge < -0.3 is 10.7 Å². The van der Waals surface area contributed by atoms with Gasteiger partial charge >= 0.3 is 0 Å². The van der Waals surface area contributed by atoms with Crippen LogP contribution < -0.4 is 11.3 Å². The molecule has 0 unspecified atom stereocenters. The molecule has 1 heterocycles. The molecule has 0 saturated carbocycles. The fourth-order valence-corrected chi connectivity index (χ4v) is 0.994. The van der Waals surface area contributed by atoms with Gasteiger partial charge in [0.25, 0.3) is 5.56 Å². The Morgan fingerprint density at radius 1 is 1.62 bits per heavy atom. The van der Waals surface area contributed by atoms with Crippen LogP contribution in [0.4, 0.5) is 0 Å². The lowest BCUT2D eigenvalue weighted by molar-refractivity contribution is 0.508. The average Bonchev–Trinajstić information content (AvgIpc) is 2.01. The standard InChI is InChI=1S/C9H15N3O/c1-4-6-5-7(13)12-8(11-6)9(2,3)10/h5H,4,10H2,1-3H3,(H,11,12,13). The molecule has 0 bridgehead atoms. The Labute approximate surface area is 77.2 Å². The smallest absolute Gasteiger partial charge is 0.251 e. The lowest BCUT2D eigenvalue weighted by Gasteiger charge is -2.17. The molecule has 0 amide bonds. The molecule has 4 nitrogen and oxygen atoms in total. The number of aromatic nitrogens is 2. The van der Waals surface area contributed by atoms with E-state index in [1.54, 1.807) is 0 Å². The second-order valence-corrected chi connectivity index (χ2v) is 3.66. The first kappa shape index (κ1) is 9.92. The largest absolute Gasteiger partial charge is 0.319 e. The summed E-state index contributed by atoms with van der Waals surface area (Å²) in [7, 11) is 0. The third-order valence-electron chi connectivity index (χ3n) is 1.77. The topological polar surface area (TPSA) is 71.8 Å². The lowest BCUT2D eigenvalue weighted by Crippen LogP contribution is -2.33. The molecular formula is C9H15N3O. The van der Waals surface area contributed by atoms with Crippen LogP contribution in [-0.4, -0.2) is 9.97 Å². The predicted molar refractivity (Wildman–Crippen MR) is 51.4 cm³/mol. The highest BCUT2D eigenvalue weighted by Crippen LogP contribution is 2.09. The molecule has 0 aromatic carbocycles. The van der Waals surface area contributed by atoms with Crippen molar-refractivity contribution < 1.29 is 0 Å². The fraction of sp³-hybridized carbons (Fsp3) is 0.556. The molecule has 3 N–H and O–H groups in total. The van der Waals surface area contributed by atoms with Crippen LogP contribution in [0.3, 0.4) is 0 Å². The van der Waals surface area contributed by atoms with Crippen molar-refractivity contribution in [2.75, 3.05) is 0 Å². The van der Waals surface area contributed by atoms with E-state index in [0.717, 1.165) is 12.1 Å². The predicted octanol–water partition coefficient (Wildman–Crippen LogP) is 0.526. The summed E-state index contributed by atoms with van der Waals surface area (Å²) in [5, 5.41) is 0.